The van der Waals surface area contributed by atoms with Crippen LogP contribution in [0.5, 0.6) is 5.75 Å². The number of rotatable bonds is 5. The smallest absolute Gasteiger partial charge is 0.259 e. The predicted octanol–water partition coefficient (Wildman–Crippen LogP) is 5.44. The Kier molecular flexibility index (Phi) is 5.37. The second kappa shape index (κ2) is 7.87. The molecule has 0 aliphatic heterocycles. The van der Waals surface area contributed by atoms with Gasteiger partial charge in [0.2, 0.25) is 0 Å². The van der Waals surface area contributed by atoms with Crippen LogP contribution in [-0.2, 0) is 6.61 Å². The molecular formula is C23H23NO2. The summed E-state index contributed by atoms with van der Waals surface area (Å²) in [6.45, 7) is 6.51. The van der Waals surface area contributed by atoms with E-state index in [1.54, 1.807) is 6.07 Å². The number of aryl methyl sites for hydroxylation is 2. The molecule has 3 aromatic rings. The second-order valence-corrected chi connectivity index (χ2v) is 6.48. The van der Waals surface area contributed by atoms with E-state index in [1.165, 1.54) is 5.56 Å². The summed E-state index contributed by atoms with van der Waals surface area (Å²) in [6.07, 6.45) is 0. The van der Waals surface area contributed by atoms with Crippen molar-refractivity contribution in [1.29, 1.82) is 0 Å². The summed E-state index contributed by atoms with van der Waals surface area (Å²) in [5, 5.41) is 3.00. The van der Waals surface area contributed by atoms with E-state index in [-0.39, 0.29) is 5.91 Å². The molecule has 3 aromatic carbocycles. The second-order valence-electron chi connectivity index (χ2n) is 6.48. The molecular weight excluding hydrogens is 322 g/mol. The lowest BCUT2D eigenvalue weighted by molar-refractivity contribution is 0.102. The normalized spacial score (nSPS) is 10.4. The van der Waals surface area contributed by atoms with Gasteiger partial charge in [-0.05, 0) is 55.7 Å². The first-order valence-electron chi connectivity index (χ1n) is 8.69. The van der Waals surface area contributed by atoms with Crippen molar-refractivity contribution in [1.82, 2.24) is 0 Å². The molecule has 0 radical (unpaired) electrons. The largest absolute Gasteiger partial charge is 0.488 e. The van der Waals surface area contributed by atoms with E-state index in [0.717, 1.165) is 22.4 Å². The van der Waals surface area contributed by atoms with Crippen LogP contribution >= 0.6 is 0 Å². The number of nitrogens with one attached hydrogen (secondary N) is 1. The zero-order valence-electron chi connectivity index (χ0n) is 15.4. The number of amides is 1. The molecule has 0 spiro atoms. The maximum Gasteiger partial charge on any atom is 0.259 e. The highest BCUT2D eigenvalue weighted by molar-refractivity contribution is 6.06. The third-order valence-corrected chi connectivity index (χ3v) is 4.46. The van der Waals surface area contributed by atoms with Crippen molar-refractivity contribution in [2.45, 2.75) is 27.4 Å². The number of carbonyl (C=O) groups excluding carboxylic acids is 1. The minimum absolute atomic E-state index is 0.168. The van der Waals surface area contributed by atoms with Crippen molar-refractivity contribution < 1.29 is 9.53 Å². The number of hydrogen-bond donors (Lipinski definition) is 1. The first kappa shape index (κ1) is 17.7. The van der Waals surface area contributed by atoms with E-state index in [9.17, 15) is 4.79 Å². The zero-order valence-corrected chi connectivity index (χ0v) is 15.4. The highest BCUT2D eigenvalue weighted by Gasteiger charge is 2.14. The van der Waals surface area contributed by atoms with E-state index < -0.39 is 0 Å². The van der Waals surface area contributed by atoms with Crippen LogP contribution in [0.25, 0.3) is 0 Å². The van der Waals surface area contributed by atoms with Gasteiger partial charge >= 0.3 is 0 Å². The molecule has 132 valence electrons. The first-order valence-corrected chi connectivity index (χ1v) is 8.69. The van der Waals surface area contributed by atoms with Crippen LogP contribution in [0.15, 0.2) is 66.7 Å². The SMILES string of the molecule is Cc1cccc(COc2ccccc2C(=O)Nc2cccc(C)c2C)c1. The summed E-state index contributed by atoms with van der Waals surface area (Å²) in [4.78, 5) is 12.8. The van der Waals surface area contributed by atoms with Gasteiger partial charge in [-0.1, -0.05) is 54.1 Å². The average Bonchev–Trinajstić information content (AvgIpc) is 2.64. The van der Waals surface area contributed by atoms with Crippen molar-refractivity contribution >= 4 is 11.6 Å². The van der Waals surface area contributed by atoms with Gasteiger partial charge in [0.1, 0.15) is 12.4 Å². The lowest BCUT2D eigenvalue weighted by Gasteiger charge is -2.14. The van der Waals surface area contributed by atoms with E-state index in [2.05, 4.69) is 24.4 Å². The van der Waals surface area contributed by atoms with Gasteiger partial charge in [-0.15, -0.1) is 0 Å². The number of hydrogen-bond acceptors (Lipinski definition) is 2. The van der Waals surface area contributed by atoms with Crippen molar-refractivity contribution in [3.05, 3.63) is 94.5 Å². The molecule has 1 amide bonds. The van der Waals surface area contributed by atoms with Gasteiger partial charge in [-0.3, -0.25) is 4.79 Å². The highest BCUT2D eigenvalue weighted by Crippen LogP contribution is 2.23. The standard InChI is InChI=1S/C23H23NO2/c1-16-8-6-10-19(14-16)15-26-22-13-5-4-11-20(22)23(25)24-21-12-7-9-17(2)18(21)3/h4-14H,15H2,1-3H3,(H,24,25). The number of para-hydroxylation sites is 1. The Bertz CT molecular complexity index is 931. The molecule has 0 saturated carbocycles. The van der Waals surface area contributed by atoms with Crippen LogP contribution in [0.4, 0.5) is 5.69 Å². The van der Waals surface area contributed by atoms with Crippen LogP contribution in [0, 0.1) is 20.8 Å². The van der Waals surface area contributed by atoms with Crippen LogP contribution in [-0.4, -0.2) is 5.91 Å². The van der Waals surface area contributed by atoms with Crippen LogP contribution < -0.4 is 10.1 Å². The minimum atomic E-state index is -0.168. The van der Waals surface area contributed by atoms with Crippen molar-refractivity contribution in [3.8, 4) is 5.75 Å². The lowest BCUT2D eigenvalue weighted by atomic mass is 10.1. The molecule has 0 heterocycles. The molecule has 0 aliphatic carbocycles. The minimum Gasteiger partial charge on any atom is -0.488 e. The molecule has 3 heteroatoms. The van der Waals surface area contributed by atoms with Gasteiger partial charge in [0.25, 0.3) is 5.91 Å². The average molecular weight is 345 g/mol. The molecule has 0 unspecified atom stereocenters. The Balaban J connectivity index is 1.78. The quantitative estimate of drug-likeness (QED) is 0.668. The molecule has 0 fully saturated rings. The first-order chi connectivity index (χ1) is 12.5. The Morgan fingerprint density at radius 3 is 2.50 bits per heavy atom. The summed E-state index contributed by atoms with van der Waals surface area (Å²) in [7, 11) is 0. The predicted molar refractivity (Wildman–Crippen MR) is 106 cm³/mol. The molecule has 0 aliphatic rings. The molecule has 0 saturated heterocycles. The van der Waals surface area contributed by atoms with Crippen molar-refractivity contribution in [2.24, 2.45) is 0 Å². The maximum atomic E-state index is 12.8. The molecule has 0 aromatic heterocycles. The number of anilines is 1. The van der Waals surface area contributed by atoms with E-state index in [4.69, 9.17) is 4.74 Å². The lowest BCUT2D eigenvalue weighted by Crippen LogP contribution is -2.14. The van der Waals surface area contributed by atoms with E-state index in [0.29, 0.717) is 17.9 Å². The van der Waals surface area contributed by atoms with Gasteiger partial charge in [0.15, 0.2) is 0 Å². The summed E-state index contributed by atoms with van der Waals surface area (Å²) in [5.41, 5.74) is 5.83. The molecule has 0 bridgehead atoms. The van der Waals surface area contributed by atoms with Crippen LogP contribution in [0.1, 0.15) is 32.6 Å². The molecule has 3 rings (SSSR count). The fourth-order valence-corrected chi connectivity index (χ4v) is 2.82. The Morgan fingerprint density at radius 2 is 1.69 bits per heavy atom. The van der Waals surface area contributed by atoms with Gasteiger partial charge in [-0.2, -0.15) is 0 Å². The number of carbonyl (C=O) groups is 1. The topological polar surface area (TPSA) is 38.3 Å². The fourth-order valence-electron chi connectivity index (χ4n) is 2.82. The summed E-state index contributed by atoms with van der Waals surface area (Å²) < 4.78 is 5.93. The van der Waals surface area contributed by atoms with Gasteiger partial charge in [0.05, 0.1) is 5.56 Å². The molecule has 26 heavy (non-hydrogen) atoms. The van der Waals surface area contributed by atoms with Crippen LogP contribution in [0.2, 0.25) is 0 Å². The van der Waals surface area contributed by atoms with Crippen LogP contribution in [0.3, 0.4) is 0 Å². The molecule has 1 N–H and O–H groups in total. The monoisotopic (exact) mass is 345 g/mol. The van der Waals surface area contributed by atoms with Crippen molar-refractivity contribution in [2.75, 3.05) is 5.32 Å². The Labute approximate surface area is 154 Å². The van der Waals surface area contributed by atoms with E-state index in [1.807, 2.05) is 62.4 Å². The third kappa shape index (κ3) is 4.12. The zero-order chi connectivity index (χ0) is 18.5. The fraction of sp³-hybridized carbons (Fsp3) is 0.174. The number of benzene rings is 3. The number of ether oxygens (including phenoxy) is 1. The van der Waals surface area contributed by atoms with Crippen molar-refractivity contribution in [3.63, 3.8) is 0 Å². The van der Waals surface area contributed by atoms with Gasteiger partial charge < -0.3 is 10.1 Å². The van der Waals surface area contributed by atoms with Gasteiger partial charge in [-0.25, -0.2) is 0 Å². The summed E-state index contributed by atoms with van der Waals surface area (Å²) >= 11 is 0. The summed E-state index contributed by atoms with van der Waals surface area (Å²) in [5.74, 6) is 0.412. The maximum absolute atomic E-state index is 12.8. The highest BCUT2D eigenvalue weighted by atomic mass is 16.5. The molecule has 3 nitrogen and oxygen atoms in total. The summed E-state index contributed by atoms with van der Waals surface area (Å²) in [6, 6.07) is 21.4. The van der Waals surface area contributed by atoms with E-state index >= 15 is 0 Å². The Hall–Kier alpha value is -3.07. The third-order valence-electron chi connectivity index (χ3n) is 4.46. The molecule has 0 atom stereocenters. The van der Waals surface area contributed by atoms with Gasteiger partial charge in [0, 0.05) is 5.69 Å². The Morgan fingerprint density at radius 1 is 0.923 bits per heavy atom.